The molecule has 2 heterocycles. The number of hydrogen-bond donors (Lipinski definition) is 1. The van der Waals surface area contributed by atoms with Crippen LogP contribution in [0.15, 0.2) is 0 Å². The van der Waals surface area contributed by atoms with Gasteiger partial charge in [-0.3, -0.25) is 14.9 Å². The Morgan fingerprint density at radius 2 is 2.00 bits per heavy atom. The molecule has 2 rings (SSSR count). The van der Waals surface area contributed by atoms with Crippen molar-refractivity contribution in [2.75, 3.05) is 18.4 Å². The van der Waals surface area contributed by atoms with Crippen LogP contribution in [0.1, 0.15) is 31.2 Å². The predicted octanol–water partition coefficient (Wildman–Crippen LogP) is 1.67. The van der Waals surface area contributed by atoms with Crippen LogP contribution in [-0.4, -0.2) is 40.0 Å². The first-order chi connectivity index (χ1) is 9.47. The molecule has 0 radical (unpaired) electrons. The molecule has 0 aromatic carbocycles. The highest BCUT2D eigenvalue weighted by Gasteiger charge is 2.26. The number of piperidine rings is 1. The molecule has 1 aromatic rings. The topological polar surface area (TPSA) is 75.2 Å². The number of anilines is 1. The Kier molecular flexibility index (Phi) is 4.58. The molecule has 9 heteroatoms. The smallest absolute Gasteiger partial charge is 0.315 e. The second-order valence-electron chi connectivity index (χ2n) is 4.67. The number of nitrogens with one attached hydrogen (secondary N) is 1. The molecule has 0 spiro atoms. The van der Waals surface area contributed by atoms with E-state index in [1.165, 1.54) is 4.90 Å². The van der Waals surface area contributed by atoms with Crippen molar-refractivity contribution < 1.29 is 18.4 Å². The van der Waals surface area contributed by atoms with Crippen molar-refractivity contribution >= 4 is 28.3 Å². The highest BCUT2D eigenvalue weighted by atomic mass is 32.1. The summed E-state index contributed by atoms with van der Waals surface area (Å²) in [5.74, 6) is -0.985. The highest BCUT2D eigenvalue weighted by Crippen LogP contribution is 2.25. The van der Waals surface area contributed by atoms with Crippen molar-refractivity contribution in [2.24, 2.45) is 5.92 Å². The zero-order valence-corrected chi connectivity index (χ0v) is 11.6. The van der Waals surface area contributed by atoms with E-state index in [1.807, 2.05) is 0 Å². The fourth-order valence-corrected chi connectivity index (χ4v) is 2.47. The molecule has 0 atom stereocenters. The Labute approximate surface area is 118 Å². The van der Waals surface area contributed by atoms with Gasteiger partial charge < -0.3 is 4.90 Å². The number of amides is 2. The van der Waals surface area contributed by atoms with Gasteiger partial charge in [-0.15, -0.1) is 10.2 Å². The number of carbonyl (C=O) groups excluding carboxylic acids is 2. The lowest BCUT2D eigenvalue weighted by Crippen LogP contribution is -2.43. The summed E-state index contributed by atoms with van der Waals surface area (Å²) in [7, 11) is 0. The van der Waals surface area contributed by atoms with Crippen molar-refractivity contribution in [1.82, 2.24) is 15.1 Å². The zero-order chi connectivity index (χ0) is 14.7. The number of aromatic nitrogens is 2. The van der Waals surface area contributed by atoms with Crippen LogP contribution in [0, 0.1) is 5.92 Å². The van der Waals surface area contributed by atoms with Gasteiger partial charge in [-0.1, -0.05) is 18.3 Å². The van der Waals surface area contributed by atoms with Crippen LogP contribution in [0.4, 0.5) is 13.9 Å². The highest BCUT2D eigenvalue weighted by molar-refractivity contribution is 7.15. The Morgan fingerprint density at radius 1 is 1.35 bits per heavy atom. The maximum atomic E-state index is 12.3. The van der Waals surface area contributed by atoms with E-state index >= 15 is 0 Å². The van der Waals surface area contributed by atoms with Crippen molar-refractivity contribution in [1.29, 1.82) is 0 Å². The van der Waals surface area contributed by atoms with Crippen LogP contribution >= 0.6 is 11.3 Å². The number of likely N-dealkylation sites (tertiary alicyclic amines) is 1. The van der Waals surface area contributed by atoms with Crippen molar-refractivity contribution in [2.45, 2.75) is 26.2 Å². The molecule has 1 aliphatic heterocycles. The van der Waals surface area contributed by atoms with Gasteiger partial charge >= 0.3 is 11.8 Å². The second kappa shape index (κ2) is 6.21. The van der Waals surface area contributed by atoms with Gasteiger partial charge in [0.1, 0.15) is 0 Å². The molecule has 110 valence electrons. The van der Waals surface area contributed by atoms with Gasteiger partial charge in [0, 0.05) is 13.1 Å². The fraction of sp³-hybridized carbons (Fsp3) is 0.636. The van der Waals surface area contributed by atoms with Gasteiger partial charge in [0.15, 0.2) is 5.01 Å². The van der Waals surface area contributed by atoms with Gasteiger partial charge in [-0.05, 0) is 18.8 Å². The maximum absolute atomic E-state index is 12.3. The zero-order valence-electron chi connectivity index (χ0n) is 10.8. The van der Waals surface area contributed by atoms with E-state index in [4.69, 9.17) is 0 Å². The molecular formula is C11H14F2N4O2S. The third-order valence-corrected chi connectivity index (χ3v) is 3.96. The predicted molar refractivity (Wildman–Crippen MR) is 68.5 cm³/mol. The fourth-order valence-electron chi connectivity index (χ4n) is 1.88. The molecule has 2 amide bonds. The van der Waals surface area contributed by atoms with Crippen LogP contribution in [0.25, 0.3) is 0 Å². The first-order valence-corrected chi connectivity index (χ1v) is 7.01. The van der Waals surface area contributed by atoms with E-state index < -0.39 is 23.2 Å². The quantitative estimate of drug-likeness (QED) is 0.843. The van der Waals surface area contributed by atoms with Gasteiger partial charge in [0.25, 0.3) is 6.43 Å². The lowest BCUT2D eigenvalue weighted by atomic mass is 9.99. The molecule has 20 heavy (non-hydrogen) atoms. The number of rotatable bonds is 2. The van der Waals surface area contributed by atoms with Gasteiger partial charge in [-0.25, -0.2) is 8.78 Å². The number of alkyl halides is 2. The lowest BCUT2D eigenvalue weighted by Gasteiger charge is -2.29. The number of carbonyl (C=O) groups is 2. The summed E-state index contributed by atoms with van der Waals surface area (Å²) in [4.78, 5) is 25.1. The summed E-state index contributed by atoms with van der Waals surface area (Å²) in [6.07, 6.45) is -1.03. The molecule has 1 N–H and O–H groups in total. The first-order valence-electron chi connectivity index (χ1n) is 6.19. The number of nitrogens with zero attached hydrogens (tertiary/aromatic N) is 3. The third-order valence-electron chi connectivity index (χ3n) is 3.11. The monoisotopic (exact) mass is 304 g/mol. The molecule has 1 aromatic heterocycles. The van der Waals surface area contributed by atoms with Gasteiger partial charge in [-0.2, -0.15) is 0 Å². The van der Waals surface area contributed by atoms with E-state index in [-0.39, 0.29) is 5.13 Å². The summed E-state index contributed by atoms with van der Waals surface area (Å²) in [6, 6.07) is 0. The molecule has 1 aliphatic rings. The minimum atomic E-state index is -2.74. The summed E-state index contributed by atoms with van der Waals surface area (Å²) >= 11 is 0.559. The minimum absolute atomic E-state index is 0.0935. The SMILES string of the molecule is CC1CCN(C(=O)C(=O)Nc2nnc(C(F)F)s2)CC1. The first kappa shape index (κ1) is 14.8. The normalized spacial score (nSPS) is 16.5. The molecule has 0 saturated carbocycles. The van der Waals surface area contributed by atoms with E-state index in [1.54, 1.807) is 0 Å². The van der Waals surface area contributed by atoms with Crippen molar-refractivity contribution in [3.05, 3.63) is 5.01 Å². The molecular weight excluding hydrogens is 290 g/mol. The van der Waals surface area contributed by atoms with Gasteiger partial charge in [0.2, 0.25) is 5.13 Å². The van der Waals surface area contributed by atoms with Crippen LogP contribution in [0.2, 0.25) is 0 Å². The van der Waals surface area contributed by atoms with E-state index in [2.05, 4.69) is 22.4 Å². The Morgan fingerprint density at radius 3 is 2.55 bits per heavy atom. The lowest BCUT2D eigenvalue weighted by molar-refractivity contribution is -0.144. The average Bonchev–Trinajstić information content (AvgIpc) is 2.87. The van der Waals surface area contributed by atoms with E-state index in [0.717, 1.165) is 12.8 Å². The Bertz CT molecular complexity index is 500. The number of hydrogen-bond acceptors (Lipinski definition) is 5. The van der Waals surface area contributed by atoms with Crippen LogP contribution in [0.5, 0.6) is 0 Å². The summed E-state index contributed by atoms with van der Waals surface area (Å²) < 4.78 is 24.6. The van der Waals surface area contributed by atoms with E-state index in [0.29, 0.717) is 30.3 Å². The Hall–Kier alpha value is -1.64. The van der Waals surface area contributed by atoms with Crippen LogP contribution < -0.4 is 5.32 Å². The average molecular weight is 304 g/mol. The summed E-state index contributed by atoms with van der Waals surface area (Å²) in [6.45, 7) is 3.16. The summed E-state index contributed by atoms with van der Waals surface area (Å²) in [5.41, 5.74) is 0. The number of halogens is 2. The van der Waals surface area contributed by atoms with E-state index in [9.17, 15) is 18.4 Å². The molecule has 1 fully saturated rings. The largest absolute Gasteiger partial charge is 0.334 e. The maximum Gasteiger partial charge on any atom is 0.315 e. The third kappa shape index (κ3) is 3.47. The molecule has 1 saturated heterocycles. The Balaban J connectivity index is 1.92. The molecule has 0 bridgehead atoms. The standard InChI is InChI=1S/C11H14F2N4O2S/c1-6-2-4-17(5-3-6)10(19)8(18)14-11-16-15-9(20-11)7(12)13/h6-7H,2-5H2,1H3,(H,14,16,18). The molecule has 0 aliphatic carbocycles. The van der Waals surface area contributed by atoms with Crippen LogP contribution in [-0.2, 0) is 9.59 Å². The van der Waals surface area contributed by atoms with Crippen LogP contribution in [0.3, 0.4) is 0 Å². The second-order valence-corrected chi connectivity index (χ2v) is 5.68. The van der Waals surface area contributed by atoms with Crippen molar-refractivity contribution in [3.8, 4) is 0 Å². The van der Waals surface area contributed by atoms with Crippen molar-refractivity contribution in [3.63, 3.8) is 0 Å². The minimum Gasteiger partial charge on any atom is -0.334 e. The molecule has 0 unspecified atom stereocenters. The summed E-state index contributed by atoms with van der Waals surface area (Å²) in [5, 5.41) is 8.26. The molecule has 6 nitrogen and oxygen atoms in total. The van der Waals surface area contributed by atoms with Gasteiger partial charge in [0.05, 0.1) is 0 Å².